The lowest BCUT2D eigenvalue weighted by Crippen LogP contribution is -2.39. The second kappa shape index (κ2) is 7.75. The maximum atomic E-state index is 12.8. The van der Waals surface area contributed by atoms with Gasteiger partial charge in [0.15, 0.2) is 0 Å². The van der Waals surface area contributed by atoms with Crippen molar-refractivity contribution < 1.29 is 4.79 Å². The van der Waals surface area contributed by atoms with Gasteiger partial charge in [-0.15, -0.1) is 0 Å². The summed E-state index contributed by atoms with van der Waals surface area (Å²) in [7, 11) is 0. The smallest absolute Gasteiger partial charge is 0.253 e. The van der Waals surface area contributed by atoms with Gasteiger partial charge in [0.2, 0.25) is 0 Å². The fraction of sp³-hybridized carbons (Fsp3) is 0.250. The molecule has 0 unspecified atom stereocenters. The number of amides is 1. The third kappa shape index (κ3) is 3.92. The molecule has 1 aliphatic heterocycles. The summed E-state index contributed by atoms with van der Waals surface area (Å²) in [4.78, 5) is 19.6. The van der Waals surface area contributed by atoms with E-state index in [1.54, 1.807) is 0 Å². The molecule has 0 saturated carbocycles. The number of carbonyl (C=O) groups excluding carboxylic acids is 1. The van der Waals surface area contributed by atoms with Crippen molar-refractivity contribution in [2.75, 3.05) is 13.1 Å². The zero-order valence-corrected chi connectivity index (χ0v) is 15.6. The fourth-order valence-corrected chi connectivity index (χ4v) is 3.87. The van der Waals surface area contributed by atoms with Gasteiger partial charge < -0.3 is 4.90 Å². The van der Waals surface area contributed by atoms with Crippen LogP contribution in [0.5, 0.6) is 0 Å². The van der Waals surface area contributed by atoms with Crippen LogP contribution in [0.15, 0.2) is 72.8 Å². The summed E-state index contributed by atoms with van der Waals surface area (Å²) in [5.41, 5.74) is 5.29. The number of hydrogen-bond acceptors (Lipinski definition) is 2. The normalized spacial score (nSPS) is 16.9. The van der Waals surface area contributed by atoms with Crippen molar-refractivity contribution in [1.29, 1.82) is 0 Å². The monoisotopic (exact) mass is 356 g/mol. The molecule has 0 aliphatic carbocycles. The molecule has 0 bridgehead atoms. The first-order chi connectivity index (χ1) is 13.2. The van der Waals surface area contributed by atoms with Crippen molar-refractivity contribution in [1.82, 2.24) is 9.88 Å². The maximum Gasteiger partial charge on any atom is 0.253 e. The van der Waals surface area contributed by atoms with E-state index in [2.05, 4.69) is 36.4 Å². The van der Waals surface area contributed by atoms with Crippen molar-refractivity contribution in [3.05, 3.63) is 89.7 Å². The Labute approximate surface area is 160 Å². The largest absolute Gasteiger partial charge is 0.338 e. The lowest BCUT2D eigenvalue weighted by molar-refractivity contribution is 0.0706. The maximum absolute atomic E-state index is 12.8. The Kier molecular flexibility index (Phi) is 5.01. The molecule has 1 atom stereocenters. The molecule has 4 rings (SSSR count). The average molecular weight is 356 g/mol. The molecular formula is C24H24N2O. The second-order valence-electron chi connectivity index (χ2n) is 7.24. The van der Waals surface area contributed by atoms with Gasteiger partial charge in [-0.3, -0.25) is 9.78 Å². The summed E-state index contributed by atoms with van der Waals surface area (Å²) in [6.07, 6.45) is 2.09. The molecule has 2 heterocycles. The summed E-state index contributed by atoms with van der Waals surface area (Å²) < 4.78 is 0. The molecule has 27 heavy (non-hydrogen) atoms. The Balaban J connectivity index is 1.58. The van der Waals surface area contributed by atoms with Gasteiger partial charge in [0.05, 0.1) is 0 Å². The predicted molar refractivity (Wildman–Crippen MR) is 109 cm³/mol. The SMILES string of the molecule is Cc1cc(-c2ccccc2)cc([C@@H]2CCCN(C(=O)c3ccccc3)C2)n1. The van der Waals surface area contributed by atoms with Crippen LogP contribution < -0.4 is 0 Å². The van der Waals surface area contributed by atoms with E-state index in [0.717, 1.165) is 42.9 Å². The lowest BCUT2D eigenvalue weighted by atomic mass is 9.92. The zero-order chi connectivity index (χ0) is 18.6. The fourth-order valence-electron chi connectivity index (χ4n) is 3.87. The van der Waals surface area contributed by atoms with Crippen LogP contribution in [0.4, 0.5) is 0 Å². The van der Waals surface area contributed by atoms with E-state index in [0.29, 0.717) is 0 Å². The number of rotatable bonds is 3. The van der Waals surface area contributed by atoms with Gasteiger partial charge in [-0.1, -0.05) is 48.5 Å². The molecule has 2 aromatic carbocycles. The van der Waals surface area contributed by atoms with E-state index in [-0.39, 0.29) is 11.8 Å². The number of nitrogens with zero attached hydrogens (tertiary/aromatic N) is 2. The molecule has 1 fully saturated rings. The number of hydrogen-bond donors (Lipinski definition) is 0. The van der Waals surface area contributed by atoms with Crippen LogP contribution in [0, 0.1) is 6.92 Å². The van der Waals surface area contributed by atoms with E-state index < -0.39 is 0 Å². The highest BCUT2D eigenvalue weighted by atomic mass is 16.2. The van der Waals surface area contributed by atoms with Crippen LogP contribution in [-0.4, -0.2) is 28.9 Å². The standard InChI is InChI=1S/C24H24N2O/c1-18-15-22(19-9-4-2-5-10-19)16-23(25-18)21-13-8-14-26(17-21)24(27)20-11-6-3-7-12-20/h2-7,9-12,15-16,21H,8,13-14,17H2,1H3/t21-/m1/s1. The van der Waals surface area contributed by atoms with E-state index in [9.17, 15) is 4.79 Å². The lowest BCUT2D eigenvalue weighted by Gasteiger charge is -2.33. The van der Waals surface area contributed by atoms with Gasteiger partial charge in [-0.05, 0) is 55.2 Å². The molecule has 3 nitrogen and oxygen atoms in total. The minimum absolute atomic E-state index is 0.122. The predicted octanol–water partition coefficient (Wildman–Crippen LogP) is 5.08. The first-order valence-electron chi connectivity index (χ1n) is 9.59. The minimum atomic E-state index is 0.122. The third-order valence-corrected chi connectivity index (χ3v) is 5.23. The number of carbonyl (C=O) groups is 1. The quantitative estimate of drug-likeness (QED) is 0.656. The van der Waals surface area contributed by atoms with Crippen molar-refractivity contribution >= 4 is 5.91 Å². The van der Waals surface area contributed by atoms with Crippen LogP contribution in [0.1, 0.15) is 40.5 Å². The average Bonchev–Trinajstić information content (AvgIpc) is 2.74. The molecule has 0 radical (unpaired) electrons. The van der Waals surface area contributed by atoms with E-state index in [1.807, 2.05) is 48.2 Å². The number of benzene rings is 2. The van der Waals surface area contributed by atoms with Crippen LogP contribution in [0.3, 0.4) is 0 Å². The van der Waals surface area contributed by atoms with Gasteiger partial charge in [-0.25, -0.2) is 0 Å². The van der Waals surface area contributed by atoms with Crippen LogP contribution in [0.2, 0.25) is 0 Å². The molecular weight excluding hydrogens is 332 g/mol. The van der Waals surface area contributed by atoms with Crippen LogP contribution in [-0.2, 0) is 0 Å². The van der Waals surface area contributed by atoms with Crippen molar-refractivity contribution in [2.24, 2.45) is 0 Å². The summed E-state index contributed by atoms with van der Waals surface area (Å²) in [5, 5.41) is 0. The minimum Gasteiger partial charge on any atom is -0.338 e. The second-order valence-corrected chi connectivity index (χ2v) is 7.24. The summed E-state index contributed by atoms with van der Waals surface area (Å²) >= 11 is 0. The van der Waals surface area contributed by atoms with Gasteiger partial charge in [0.25, 0.3) is 5.91 Å². The molecule has 0 spiro atoms. The van der Waals surface area contributed by atoms with Gasteiger partial charge >= 0.3 is 0 Å². The summed E-state index contributed by atoms with van der Waals surface area (Å²) in [5.74, 6) is 0.407. The first kappa shape index (κ1) is 17.5. The Morgan fingerprint density at radius 2 is 1.67 bits per heavy atom. The highest BCUT2D eigenvalue weighted by Crippen LogP contribution is 2.30. The number of likely N-dealkylation sites (tertiary alicyclic amines) is 1. The van der Waals surface area contributed by atoms with Gasteiger partial charge in [0.1, 0.15) is 0 Å². The molecule has 1 aliphatic rings. The third-order valence-electron chi connectivity index (χ3n) is 5.23. The van der Waals surface area contributed by atoms with E-state index >= 15 is 0 Å². The van der Waals surface area contributed by atoms with Crippen molar-refractivity contribution in [3.63, 3.8) is 0 Å². The van der Waals surface area contributed by atoms with Crippen LogP contribution in [0.25, 0.3) is 11.1 Å². The number of aryl methyl sites for hydroxylation is 1. The molecule has 1 amide bonds. The van der Waals surface area contributed by atoms with E-state index in [4.69, 9.17) is 4.98 Å². The van der Waals surface area contributed by atoms with E-state index in [1.165, 1.54) is 11.1 Å². The Hall–Kier alpha value is -2.94. The first-order valence-corrected chi connectivity index (χ1v) is 9.59. The molecule has 136 valence electrons. The molecule has 1 aromatic heterocycles. The van der Waals surface area contributed by atoms with Gasteiger partial charge in [0, 0.05) is 36.0 Å². The van der Waals surface area contributed by atoms with Crippen molar-refractivity contribution in [3.8, 4) is 11.1 Å². The Morgan fingerprint density at radius 1 is 0.963 bits per heavy atom. The Morgan fingerprint density at radius 3 is 2.41 bits per heavy atom. The summed E-state index contributed by atoms with van der Waals surface area (Å²) in [6.45, 7) is 3.60. The number of aromatic nitrogens is 1. The molecule has 3 heteroatoms. The van der Waals surface area contributed by atoms with Crippen molar-refractivity contribution in [2.45, 2.75) is 25.7 Å². The highest BCUT2D eigenvalue weighted by molar-refractivity contribution is 5.94. The van der Waals surface area contributed by atoms with Crippen LogP contribution >= 0.6 is 0 Å². The van der Waals surface area contributed by atoms with Gasteiger partial charge in [-0.2, -0.15) is 0 Å². The Bertz CT molecular complexity index is 922. The number of pyridine rings is 1. The molecule has 3 aromatic rings. The molecule has 1 saturated heterocycles. The topological polar surface area (TPSA) is 33.2 Å². The molecule has 0 N–H and O–H groups in total. The zero-order valence-electron chi connectivity index (χ0n) is 15.6. The summed E-state index contributed by atoms with van der Waals surface area (Å²) in [6, 6.07) is 24.3. The number of piperidine rings is 1. The highest BCUT2D eigenvalue weighted by Gasteiger charge is 2.26.